The van der Waals surface area contributed by atoms with Crippen LogP contribution in [0.2, 0.25) is 6.32 Å². The Hall–Kier alpha value is -2.09. The molecule has 2 rings (SSSR count). The van der Waals surface area contributed by atoms with Gasteiger partial charge < -0.3 is 21.1 Å². The summed E-state index contributed by atoms with van der Waals surface area (Å²) >= 11 is 0. The Balaban J connectivity index is 2.06. The van der Waals surface area contributed by atoms with Gasteiger partial charge in [0.05, 0.1) is 14.4 Å². The van der Waals surface area contributed by atoms with Crippen molar-refractivity contribution in [3.8, 4) is 0 Å². The van der Waals surface area contributed by atoms with E-state index in [4.69, 9.17) is 13.6 Å². The highest BCUT2D eigenvalue weighted by atomic mass is 19.1. The molecule has 1 heterocycles. The Morgan fingerprint density at radius 1 is 1.43 bits per heavy atom. The molecular formula is C15H19BFN3O3. The molecule has 0 bridgehead atoms. The van der Waals surface area contributed by atoms with E-state index in [9.17, 15) is 19.1 Å². The fourth-order valence-corrected chi connectivity index (χ4v) is 2.78. The molecule has 0 unspecified atom stereocenters. The molecular weight excluding hydrogens is 300 g/mol. The number of anilines is 1. The van der Waals surface area contributed by atoms with Crippen molar-refractivity contribution in [1.29, 1.82) is 0 Å². The number of amides is 2. The summed E-state index contributed by atoms with van der Waals surface area (Å²) in [7, 11) is 5.47. The number of carbonyl (C=O) groups excluding carboxylic acids is 1. The third-order valence-electron chi connectivity index (χ3n) is 4.16. The summed E-state index contributed by atoms with van der Waals surface area (Å²) in [5.74, 6) is -1.89. The minimum absolute atomic E-state index is 0.0788. The van der Waals surface area contributed by atoms with E-state index >= 15 is 0 Å². The number of nitrogens with one attached hydrogen (secondary N) is 1. The van der Waals surface area contributed by atoms with Crippen molar-refractivity contribution in [1.82, 2.24) is 4.90 Å². The number of nitrogens with two attached hydrogens (primary N) is 1. The van der Waals surface area contributed by atoms with E-state index < -0.39 is 23.4 Å². The van der Waals surface area contributed by atoms with E-state index in [2.05, 4.69) is 5.32 Å². The number of likely N-dealkylation sites (tertiary alicyclic amines) is 1. The van der Waals surface area contributed by atoms with Crippen LogP contribution < -0.4 is 11.1 Å². The first-order valence-corrected chi connectivity index (χ1v) is 7.40. The minimum Gasteiger partial charge on any atom is -0.480 e. The Bertz CT molecular complexity index is 584. The molecule has 1 aromatic rings. The zero-order valence-electron chi connectivity index (χ0n) is 12.7. The van der Waals surface area contributed by atoms with Crippen LogP contribution in [0.1, 0.15) is 12.8 Å². The minimum atomic E-state index is -1.48. The molecule has 4 N–H and O–H groups in total. The van der Waals surface area contributed by atoms with E-state index in [-0.39, 0.29) is 19.0 Å². The lowest BCUT2D eigenvalue weighted by molar-refractivity contribution is -0.144. The third kappa shape index (κ3) is 3.82. The molecule has 122 valence electrons. The summed E-state index contributed by atoms with van der Waals surface area (Å²) in [5, 5.41) is 12.0. The molecule has 6 nitrogen and oxygen atoms in total. The summed E-state index contributed by atoms with van der Waals surface area (Å²) in [5.41, 5.74) is 4.97. The van der Waals surface area contributed by atoms with E-state index in [0.717, 1.165) is 0 Å². The summed E-state index contributed by atoms with van der Waals surface area (Å²) in [6.07, 6.45) is 1.62. The monoisotopic (exact) mass is 319 g/mol. The fourth-order valence-electron chi connectivity index (χ4n) is 2.78. The summed E-state index contributed by atoms with van der Waals surface area (Å²) in [4.78, 5) is 25.2. The van der Waals surface area contributed by atoms with Gasteiger partial charge in [-0.25, -0.2) is 9.18 Å². The van der Waals surface area contributed by atoms with Gasteiger partial charge in [-0.15, -0.1) is 0 Å². The molecule has 0 saturated carbocycles. The summed E-state index contributed by atoms with van der Waals surface area (Å²) in [6, 6.07) is 4.87. The predicted octanol–water partition coefficient (Wildman–Crippen LogP) is 1.44. The number of carboxylic acid groups (broad SMARTS) is 1. The summed E-state index contributed by atoms with van der Waals surface area (Å²) < 4.78 is 12.9. The van der Waals surface area contributed by atoms with Crippen molar-refractivity contribution in [3.05, 3.63) is 30.1 Å². The number of carboxylic acids is 1. The number of rotatable bonds is 5. The first-order chi connectivity index (χ1) is 10.9. The standard InChI is InChI=1S/C15H19BFN3O3/c16-7-1-2-10-8-20(9-15(10,18)13(21)22)14(23)19-12-5-3-11(17)4-6-12/h3-6,10H,1-2,7-9,18H2,(H,19,23)(H,21,22)/t10-,15-/m0/s1. The smallest absolute Gasteiger partial charge is 0.325 e. The van der Waals surface area contributed by atoms with Gasteiger partial charge in [0.1, 0.15) is 11.4 Å². The van der Waals surface area contributed by atoms with Gasteiger partial charge in [0.15, 0.2) is 0 Å². The maximum atomic E-state index is 12.9. The number of hydrogen-bond acceptors (Lipinski definition) is 3. The predicted molar refractivity (Wildman–Crippen MR) is 84.8 cm³/mol. The van der Waals surface area contributed by atoms with E-state index in [1.54, 1.807) is 0 Å². The Kier molecular flexibility index (Phi) is 5.25. The molecule has 1 aliphatic heterocycles. The lowest BCUT2D eigenvalue weighted by Gasteiger charge is -2.25. The second-order valence-corrected chi connectivity index (χ2v) is 5.79. The second kappa shape index (κ2) is 7.00. The van der Waals surface area contributed by atoms with Crippen LogP contribution in [-0.4, -0.2) is 48.5 Å². The number of hydrogen-bond donors (Lipinski definition) is 3. The molecule has 2 atom stereocenters. The second-order valence-electron chi connectivity index (χ2n) is 5.79. The van der Waals surface area contributed by atoms with Crippen LogP contribution in [0.3, 0.4) is 0 Å². The van der Waals surface area contributed by atoms with Crippen LogP contribution in [0.25, 0.3) is 0 Å². The molecule has 8 heteroatoms. The largest absolute Gasteiger partial charge is 0.480 e. The molecule has 1 aromatic carbocycles. The maximum absolute atomic E-state index is 12.9. The van der Waals surface area contributed by atoms with E-state index in [1.165, 1.54) is 29.2 Å². The average molecular weight is 319 g/mol. The van der Waals surface area contributed by atoms with E-state index in [1.807, 2.05) is 0 Å². The fraction of sp³-hybridized carbons (Fsp3) is 0.467. The third-order valence-corrected chi connectivity index (χ3v) is 4.16. The molecule has 2 amide bonds. The van der Waals surface area contributed by atoms with Crippen molar-refractivity contribution >= 4 is 25.5 Å². The van der Waals surface area contributed by atoms with Crippen molar-refractivity contribution in [2.24, 2.45) is 11.7 Å². The van der Waals surface area contributed by atoms with Crippen LogP contribution in [0, 0.1) is 11.7 Å². The van der Waals surface area contributed by atoms with Crippen molar-refractivity contribution in [3.63, 3.8) is 0 Å². The highest BCUT2D eigenvalue weighted by Crippen LogP contribution is 2.30. The van der Waals surface area contributed by atoms with Gasteiger partial charge in [0.2, 0.25) is 0 Å². The highest BCUT2D eigenvalue weighted by Gasteiger charge is 2.50. The van der Waals surface area contributed by atoms with Crippen LogP contribution in [0.15, 0.2) is 24.3 Å². The van der Waals surface area contributed by atoms with Gasteiger partial charge in [0.25, 0.3) is 0 Å². The molecule has 1 saturated heterocycles. The number of nitrogens with zero attached hydrogens (tertiary/aromatic N) is 1. The topological polar surface area (TPSA) is 95.7 Å². The zero-order valence-corrected chi connectivity index (χ0v) is 12.7. The molecule has 1 fully saturated rings. The van der Waals surface area contributed by atoms with Crippen molar-refractivity contribution in [2.45, 2.75) is 24.7 Å². The van der Waals surface area contributed by atoms with Gasteiger partial charge in [-0.3, -0.25) is 4.79 Å². The highest BCUT2D eigenvalue weighted by molar-refractivity contribution is 6.08. The molecule has 0 spiro atoms. The van der Waals surface area contributed by atoms with Crippen LogP contribution in [0.5, 0.6) is 0 Å². The van der Waals surface area contributed by atoms with Gasteiger partial charge in [0, 0.05) is 18.2 Å². The van der Waals surface area contributed by atoms with Gasteiger partial charge in [-0.05, 0) is 30.7 Å². The molecule has 0 aliphatic carbocycles. The van der Waals surface area contributed by atoms with Gasteiger partial charge in [-0.1, -0.05) is 12.7 Å². The Morgan fingerprint density at radius 3 is 2.65 bits per heavy atom. The quantitative estimate of drug-likeness (QED) is 0.716. The van der Waals surface area contributed by atoms with Crippen LogP contribution in [0.4, 0.5) is 14.9 Å². The average Bonchev–Trinajstić information content (AvgIpc) is 2.86. The van der Waals surface area contributed by atoms with Crippen LogP contribution in [-0.2, 0) is 4.79 Å². The van der Waals surface area contributed by atoms with Crippen LogP contribution >= 0.6 is 0 Å². The van der Waals surface area contributed by atoms with Gasteiger partial charge >= 0.3 is 12.0 Å². The van der Waals surface area contributed by atoms with Crippen molar-refractivity contribution in [2.75, 3.05) is 18.4 Å². The molecule has 2 radical (unpaired) electrons. The molecule has 0 aromatic heterocycles. The summed E-state index contributed by atoms with van der Waals surface area (Å²) in [6.45, 7) is 0.167. The Labute approximate surface area is 135 Å². The number of carbonyl (C=O) groups is 2. The molecule has 1 aliphatic rings. The SMILES string of the molecule is [B]CCC[C@H]1CN(C(=O)Nc2ccc(F)cc2)C[C@@]1(N)C(=O)O. The van der Waals surface area contributed by atoms with Crippen molar-refractivity contribution < 1.29 is 19.1 Å². The van der Waals surface area contributed by atoms with Gasteiger partial charge in [-0.2, -0.15) is 0 Å². The zero-order chi connectivity index (χ0) is 17.0. The molecule has 23 heavy (non-hydrogen) atoms. The maximum Gasteiger partial charge on any atom is 0.325 e. The number of aliphatic carboxylic acids is 1. The lowest BCUT2D eigenvalue weighted by Crippen LogP contribution is -2.55. The number of halogens is 1. The lowest BCUT2D eigenvalue weighted by atomic mass is 9.83. The Morgan fingerprint density at radius 2 is 2.09 bits per heavy atom. The first kappa shape index (κ1) is 17.3. The number of benzene rings is 1. The normalized spacial score (nSPS) is 23.7. The number of urea groups is 1. The first-order valence-electron chi connectivity index (χ1n) is 7.40. The van der Waals surface area contributed by atoms with E-state index in [0.29, 0.717) is 24.8 Å².